The normalized spacial score (nSPS) is 11.0. The second-order valence-electron chi connectivity index (χ2n) is 5.84. The first-order chi connectivity index (χ1) is 11.5. The van der Waals surface area contributed by atoms with Gasteiger partial charge in [0.2, 0.25) is 11.1 Å². The van der Waals surface area contributed by atoms with Crippen molar-refractivity contribution in [3.63, 3.8) is 0 Å². The molecule has 0 aliphatic heterocycles. The van der Waals surface area contributed by atoms with E-state index in [0.717, 1.165) is 12.3 Å². The molecule has 2 rings (SSSR count). The van der Waals surface area contributed by atoms with E-state index in [0.29, 0.717) is 23.4 Å². The van der Waals surface area contributed by atoms with Gasteiger partial charge in [0.25, 0.3) is 0 Å². The molecule has 8 heteroatoms. The van der Waals surface area contributed by atoms with E-state index in [-0.39, 0.29) is 5.91 Å². The van der Waals surface area contributed by atoms with Crippen molar-refractivity contribution in [2.24, 2.45) is 5.92 Å². The molecule has 6 nitrogen and oxygen atoms in total. The Bertz CT molecular complexity index is 642. The number of hydrogen-bond acceptors (Lipinski definition) is 6. The van der Waals surface area contributed by atoms with Crippen LogP contribution in [0.4, 0.5) is 0 Å². The number of amides is 1. The SMILES string of the molecule is Cc1ccc(SCCNC(=O)CSc2nnnn2CC(C)C)cc1. The van der Waals surface area contributed by atoms with Crippen LogP contribution in [0.15, 0.2) is 34.3 Å². The maximum absolute atomic E-state index is 11.9. The summed E-state index contributed by atoms with van der Waals surface area (Å²) >= 11 is 3.11. The summed E-state index contributed by atoms with van der Waals surface area (Å²) in [5.74, 6) is 1.64. The summed E-state index contributed by atoms with van der Waals surface area (Å²) in [5, 5.41) is 15.2. The van der Waals surface area contributed by atoms with Gasteiger partial charge in [0.15, 0.2) is 0 Å². The maximum Gasteiger partial charge on any atom is 0.230 e. The second-order valence-corrected chi connectivity index (χ2v) is 7.95. The minimum atomic E-state index is 0.00334. The molecule has 1 N–H and O–H groups in total. The van der Waals surface area contributed by atoms with Crippen LogP contribution in [-0.4, -0.2) is 44.2 Å². The summed E-state index contributed by atoms with van der Waals surface area (Å²) in [5.41, 5.74) is 1.25. The van der Waals surface area contributed by atoms with Crippen LogP contribution >= 0.6 is 23.5 Å². The van der Waals surface area contributed by atoms with Crippen molar-refractivity contribution in [2.45, 2.75) is 37.4 Å². The van der Waals surface area contributed by atoms with Crippen LogP contribution in [-0.2, 0) is 11.3 Å². The van der Waals surface area contributed by atoms with E-state index in [1.165, 1.54) is 22.2 Å². The lowest BCUT2D eigenvalue weighted by molar-refractivity contribution is -0.118. The van der Waals surface area contributed by atoms with Crippen LogP contribution < -0.4 is 5.32 Å². The molecular formula is C16H23N5OS2. The lowest BCUT2D eigenvalue weighted by Crippen LogP contribution is -2.27. The van der Waals surface area contributed by atoms with Crippen molar-refractivity contribution in [1.29, 1.82) is 0 Å². The van der Waals surface area contributed by atoms with E-state index in [4.69, 9.17) is 0 Å². The number of benzene rings is 1. The van der Waals surface area contributed by atoms with Crippen molar-refractivity contribution >= 4 is 29.4 Å². The monoisotopic (exact) mass is 365 g/mol. The standard InChI is InChI=1S/C16H23N5OS2/c1-12(2)10-21-16(18-19-20-21)24-11-15(22)17-8-9-23-14-6-4-13(3)5-7-14/h4-7,12H,8-11H2,1-3H3,(H,17,22). The van der Waals surface area contributed by atoms with Crippen LogP contribution in [0.1, 0.15) is 19.4 Å². The molecule has 0 aliphatic carbocycles. The molecule has 130 valence electrons. The Morgan fingerprint density at radius 1 is 1.25 bits per heavy atom. The van der Waals surface area contributed by atoms with E-state index in [1.807, 2.05) is 0 Å². The average molecular weight is 366 g/mol. The summed E-state index contributed by atoms with van der Waals surface area (Å²) in [6.07, 6.45) is 0. The molecule has 0 spiro atoms. The van der Waals surface area contributed by atoms with Gasteiger partial charge < -0.3 is 5.32 Å². The first-order valence-electron chi connectivity index (χ1n) is 7.89. The molecular weight excluding hydrogens is 342 g/mol. The quantitative estimate of drug-likeness (QED) is 0.544. The minimum absolute atomic E-state index is 0.00334. The third-order valence-corrected chi connectivity index (χ3v) is 5.05. The summed E-state index contributed by atoms with van der Waals surface area (Å²) in [7, 11) is 0. The zero-order valence-electron chi connectivity index (χ0n) is 14.2. The molecule has 1 heterocycles. The fraction of sp³-hybridized carbons (Fsp3) is 0.500. The topological polar surface area (TPSA) is 72.7 Å². The number of aryl methyl sites for hydroxylation is 1. The predicted molar refractivity (Wildman–Crippen MR) is 98.3 cm³/mol. The van der Waals surface area contributed by atoms with Crippen LogP contribution in [0.25, 0.3) is 0 Å². The number of tetrazole rings is 1. The highest BCUT2D eigenvalue weighted by molar-refractivity contribution is 7.99. The molecule has 24 heavy (non-hydrogen) atoms. The van der Waals surface area contributed by atoms with E-state index in [9.17, 15) is 4.79 Å². The lowest BCUT2D eigenvalue weighted by atomic mass is 10.2. The highest BCUT2D eigenvalue weighted by Gasteiger charge is 2.10. The van der Waals surface area contributed by atoms with Gasteiger partial charge in [-0.25, -0.2) is 4.68 Å². The van der Waals surface area contributed by atoms with Crippen molar-refractivity contribution < 1.29 is 4.79 Å². The van der Waals surface area contributed by atoms with Gasteiger partial charge in [0, 0.05) is 23.7 Å². The van der Waals surface area contributed by atoms with Crippen LogP contribution in [0.5, 0.6) is 0 Å². The van der Waals surface area contributed by atoms with Crippen molar-refractivity contribution in [3.05, 3.63) is 29.8 Å². The van der Waals surface area contributed by atoms with E-state index in [2.05, 4.69) is 65.9 Å². The first-order valence-corrected chi connectivity index (χ1v) is 9.87. The molecule has 0 atom stereocenters. The number of rotatable bonds is 9. The van der Waals surface area contributed by atoms with E-state index in [1.54, 1.807) is 16.4 Å². The summed E-state index contributed by atoms with van der Waals surface area (Å²) in [6.45, 7) is 7.69. The van der Waals surface area contributed by atoms with Gasteiger partial charge in [-0.1, -0.05) is 43.3 Å². The molecule has 0 radical (unpaired) electrons. The molecule has 1 aromatic carbocycles. The number of hydrogen-bond donors (Lipinski definition) is 1. The molecule has 0 fully saturated rings. The summed E-state index contributed by atoms with van der Waals surface area (Å²) in [6, 6.07) is 8.40. The second kappa shape index (κ2) is 9.68. The van der Waals surface area contributed by atoms with Crippen LogP contribution in [0, 0.1) is 12.8 Å². The highest BCUT2D eigenvalue weighted by Crippen LogP contribution is 2.17. The molecule has 0 unspecified atom stereocenters. The Kier molecular flexibility index (Phi) is 7.58. The van der Waals surface area contributed by atoms with Crippen molar-refractivity contribution in [1.82, 2.24) is 25.5 Å². The van der Waals surface area contributed by atoms with Crippen LogP contribution in [0.3, 0.4) is 0 Å². The summed E-state index contributed by atoms with van der Waals surface area (Å²) < 4.78 is 1.75. The Morgan fingerprint density at radius 3 is 2.71 bits per heavy atom. The average Bonchev–Trinajstić information content (AvgIpc) is 2.97. The van der Waals surface area contributed by atoms with Gasteiger partial charge in [-0.3, -0.25) is 4.79 Å². The largest absolute Gasteiger partial charge is 0.355 e. The Labute approximate surface area is 151 Å². The molecule has 2 aromatic rings. The maximum atomic E-state index is 11.9. The highest BCUT2D eigenvalue weighted by atomic mass is 32.2. The number of thioether (sulfide) groups is 2. The van der Waals surface area contributed by atoms with Gasteiger partial charge in [-0.2, -0.15) is 0 Å². The molecule has 0 bridgehead atoms. The fourth-order valence-corrected chi connectivity index (χ4v) is 3.42. The van der Waals surface area contributed by atoms with E-state index < -0.39 is 0 Å². The van der Waals surface area contributed by atoms with Gasteiger partial charge >= 0.3 is 0 Å². The van der Waals surface area contributed by atoms with Gasteiger partial charge in [0.1, 0.15) is 0 Å². The number of carbonyl (C=O) groups excluding carboxylic acids is 1. The summed E-state index contributed by atoms with van der Waals surface area (Å²) in [4.78, 5) is 13.1. The smallest absolute Gasteiger partial charge is 0.230 e. The Morgan fingerprint density at radius 2 is 2.00 bits per heavy atom. The van der Waals surface area contributed by atoms with Crippen molar-refractivity contribution in [2.75, 3.05) is 18.1 Å². The zero-order chi connectivity index (χ0) is 17.4. The molecule has 1 amide bonds. The molecule has 1 aromatic heterocycles. The minimum Gasteiger partial charge on any atom is -0.355 e. The van der Waals surface area contributed by atoms with Gasteiger partial charge in [0.05, 0.1) is 5.75 Å². The zero-order valence-corrected chi connectivity index (χ0v) is 15.9. The molecule has 0 saturated heterocycles. The third-order valence-electron chi connectivity index (χ3n) is 3.08. The fourth-order valence-electron chi connectivity index (χ4n) is 1.94. The number of aromatic nitrogens is 4. The van der Waals surface area contributed by atoms with Gasteiger partial charge in [-0.15, -0.1) is 16.9 Å². The van der Waals surface area contributed by atoms with Gasteiger partial charge in [-0.05, 0) is 35.4 Å². The third kappa shape index (κ3) is 6.52. The Hall–Kier alpha value is -1.54. The number of nitrogens with one attached hydrogen (secondary N) is 1. The number of carbonyl (C=O) groups is 1. The van der Waals surface area contributed by atoms with Crippen LogP contribution in [0.2, 0.25) is 0 Å². The Balaban J connectivity index is 1.65. The predicted octanol–water partition coefficient (Wildman–Crippen LogP) is 2.64. The first kappa shape index (κ1) is 18.8. The number of nitrogens with zero attached hydrogens (tertiary/aromatic N) is 4. The van der Waals surface area contributed by atoms with E-state index >= 15 is 0 Å². The molecule has 0 saturated carbocycles. The lowest BCUT2D eigenvalue weighted by Gasteiger charge is -2.07. The van der Waals surface area contributed by atoms with Crippen molar-refractivity contribution in [3.8, 4) is 0 Å². The molecule has 0 aliphatic rings.